The molecule has 5 rings (SSSR count). The van der Waals surface area contributed by atoms with E-state index >= 15 is 0 Å². The van der Waals surface area contributed by atoms with Crippen LogP contribution in [0.2, 0.25) is 0 Å². The Bertz CT molecular complexity index is 1430. The van der Waals surface area contributed by atoms with Crippen molar-refractivity contribution in [1.82, 2.24) is 18.7 Å². The number of aryl methyl sites for hydroxylation is 2. The standard InChI is InChI=1S/C24H23N5O2/c1-17-9-6-7-13-19(17)27-15-16-28-20-21(25-23(27)28)26(2)24(31)29(22(20)30)14-8-12-18-10-4-3-5-11-18/h3-13H,14-16H2,1-2H3/b12-8+. The second-order valence-corrected chi connectivity index (χ2v) is 7.74. The minimum Gasteiger partial charge on any atom is -0.310 e. The number of nitrogens with zero attached hydrogens (tertiary/aromatic N) is 5. The molecular formula is C24H23N5O2. The second-order valence-electron chi connectivity index (χ2n) is 7.74. The number of rotatable bonds is 4. The summed E-state index contributed by atoms with van der Waals surface area (Å²) in [4.78, 5) is 33.0. The molecule has 0 saturated carbocycles. The van der Waals surface area contributed by atoms with Crippen molar-refractivity contribution < 1.29 is 0 Å². The summed E-state index contributed by atoms with van der Waals surface area (Å²) in [5.41, 5.74) is 3.45. The van der Waals surface area contributed by atoms with E-state index < -0.39 is 0 Å². The van der Waals surface area contributed by atoms with Gasteiger partial charge < -0.3 is 9.47 Å². The molecule has 156 valence electrons. The number of hydrogen-bond donors (Lipinski definition) is 0. The van der Waals surface area contributed by atoms with E-state index in [1.807, 2.05) is 59.2 Å². The highest BCUT2D eigenvalue weighted by atomic mass is 16.2. The molecule has 0 radical (unpaired) electrons. The first-order valence-corrected chi connectivity index (χ1v) is 10.3. The maximum absolute atomic E-state index is 13.3. The van der Waals surface area contributed by atoms with Gasteiger partial charge in [-0.2, -0.15) is 4.98 Å². The molecule has 0 aliphatic carbocycles. The SMILES string of the molecule is Cc1ccccc1N1CCn2c1nc1c2c(=O)n(C/C=C/c2ccccc2)c(=O)n1C. The zero-order chi connectivity index (χ0) is 21.5. The van der Waals surface area contributed by atoms with Gasteiger partial charge in [-0.3, -0.25) is 13.9 Å². The number of allylic oxidation sites excluding steroid dienone is 1. The van der Waals surface area contributed by atoms with E-state index in [0.717, 1.165) is 23.4 Å². The molecule has 1 aliphatic rings. The Morgan fingerprint density at radius 3 is 2.52 bits per heavy atom. The van der Waals surface area contributed by atoms with Crippen LogP contribution in [0.25, 0.3) is 17.2 Å². The van der Waals surface area contributed by atoms with Crippen molar-refractivity contribution in [2.75, 3.05) is 11.4 Å². The van der Waals surface area contributed by atoms with Crippen molar-refractivity contribution in [3.05, 3.63) is 92.6 Å². The summed E-state index contributed by atoms with van der Waals surface area (Å²) in [5, 5.41) is 0. The lowest BCUT2D eigenvalue weighted by atomic mass is 10.2. The lowest BCUT2D eigenvalue weighted by Crippen LogP contribution is -2.39. The molecule has 3 heterocycles. The van der Waals surface area contributed by atoms with Crippen LogP contribution in [-0.4, -0.2) is 25.2 Å². The normalized spacial score (nSPS) is 13.4. The van der Waals surface area contributed by atoms with Crippen LogP contribution in [0.3, 0.4) is 0 Å². The predicted octanol–water partition coefficient (Wildman–Crippen LogP) is 3.07. The quantitative estimate of drug-likeness (QED) is 0.516. The fraction of sp³-hybridized carbons (Fsp3) is 0.208. The molecule has 2 aromatic heterocycles. The topological polar surface area (TPSA) is 65.1 Å². The van der Waals surface area contributed by atoms with E-state index in [0.29, 0.717) is 23.7 Å². The number of hydrogen-bond acceptors (Lipinski definition) is 4. The number of anilines is 2. The molecular weight excluding hydrogens is 390 g/mol. The molecule has 0 N–H and O–H groups in total. The molecule has 1 aliphatic heterocycles. The third-order valence-corrected chi connectivity index (χ3v) is 5.81. The number of imidazole rings is 1. The van der Waals surface area contributed by atoms with Gasteiger partial charge in [0, 0.05) is 32.4 Å². The van der Waals surface area contributed by atoms with Gasteiger partial charge in [0.05, 0.1) is 0 Å². The fourth-order valence-electron chi connectivity index (χ4n) is 4.19. The van der Waals surface area contributed by atoms with Crippen LogP contribution in [0.5, 0.6) is 0 Å². The van der Waals surface area contributed by atoms with Crippen molar-refractivity contribution in [2.24, 2.45) is 7.05 Å². The first-order valence-electron chi connectivity index (χ1n) is 10.3. The fourth-order valence-corrected chi connectivity index (χ4v) is 4.19. The van der Waals surface area contributed by atoms with Gasteiger partial charge in [0.2, 0.25) is 5.95 Å². The van der Waals surface area contributed by atoms with Crippen LogP contribution in [0, 0.1) is 6.92 Å². The highest BCUT2D eigenvalue weighted by Crippen LogP contribution is 2.33. The molecule has 7 nitrogen and oxygen atoms in total. The van der Waals surface area contributed by atoms with Gasteiger partial charge in [-0.05, 0) is 24.1 Å². The first-order chi connectivity index (χ1) is 15.1. The minimum atomic E-state index is -0.366. The van der Waals surface area contributed by atoms with Crippen LogP contribution in [0.1, 0.15) is 11.1 Å². The Morgan fingerprint density at radius 2 is 1.74 bits per heavy atom. The molecule has 0 fully saturated rings. The summed E-state index contributed by atoms with van der Waals surface area (Å²) >= 11 is 0. The van der Waals surface area contributed by atoms with E-state index in [2.05, 4.69) is 24.0 Å². The lowest BCUT2D eigenvalue weighted by Gasteiger charge is -2.18. The zero-order valence-corrected chi connectivity index (χ0v) is 17.5. The van der Waals surface area contributed by atoms with Crippen LogP contribution < -0.4 is 16.1 Å². The smallest absolute Gasteiger partial charge is 0.310 e. The van der Waals surface area contributed by atoms with Gasteiger partial charge in [-0.15, -0.1) is 0 Å². The molecule has 31 heavy (non-hydrogen) atoms. The number of fused-ring (bicyclic) bond motifs is 3. The molecule has 0 saturated heterocycles. The van der Waals surface area contributed by atoms with Gasteiger partial charge in [0.15, 0.2) is 11.2 Å². The Labute approximate surface area is 179 Å². The molecule has 0 bridgehead atoms. The Balaban J connectivity index is 1.60. The van der Waals surface area contributed by atoms with E-state index in [4.69, 9.17) is 4.98 Å². The lowest BCUT2D eigenvalue weighted by molar-refractivity contribution is 0.663. The van der Waals surface area contributed by atoms with Gasteiger partial charge in [-0.25, -0.2) is 4.79 Å². The predicted molar refractivity (Wildman–Crippen MR) is 123 cm³/mol. The average Bonchev–Trinajstić information content (AvgIpc) is 3.35. The number of benzene rings is 2. The van der Waals surface area contributed by atoms with Crippen LogP contribution >= 0.6 is 0 Å². The highest BCUT2D eigenvalue weighted by molar-refractivity contribution is 5.78. The first kappa shape index (κ1) is 19.1. The van der Waals surface area contributed by atoms with Crippen molar-refractivity contribution >= 4 is 28.9 Å². The van der Waals surface area contributed by atoms with Crippen LogP contribution in [0.4, 0.5) is 11.6 Å². The third kappa shape index (κ3) is 3.09. The largest absolute Gasteiger partial charge is 0.332 e. The summed E-state index contributed by atoms with van der Waals surface area (Å²) in [6.07, 6.45) is 3.75. The van der Waals surface area contributed by atoms with E-state index in [1.54, 1.807) is 7.05 Å². The Kier molecular flexibility index (Phi) is 4.58. The molecule has 0 spiro atoms. The Morgan fingerprint density at radius 1 is 1.00 bits per heavy atom. The zero-order valence-electron chi connectivity index (χ0n) is 17.5. The molecule has 2 aromatic carbocycles. The summed E-state index contributed by atoms with van der Waals surface area (Å²) < 4.78 is 4.67. The van der Waals surface area contributed by atoms with Gasteiger partial charge >= 0.3 is 5.69 Å². The van der Waals surface area contributed by atoms with Crippen LogP contribution in [0.15, 0.2) is 70.3 Å². The molecule has 0 atom stereocenters. The van der Waals surface area contributed by atoms with E-state index in [9.17, 15) is 9.59 Å². The molecule has 7 heteroatoms. The maximum Gasteiger partial charge on any atom is 0.332 e. The van der Waals surface area contributed by atoms with Gasteiger partial charge in [0.25, 0.3) is 5.56 Å². The summed E-state index contributed by atoms with van der Waals surface area (Å²) in [7, 11) is 1.67. The second kappa shape index (κ2) is 7.43. The van der Waals surface area contributed by atoms with Crippen molar-refractivity contribution in [3.8, 4) is 0 Å². The molecule has 0 unspecified atom stereocenters. The van der Waals surface area contributed by atoms with Gasteiger partial charge in [0.1, 0.15) is 0 Å². The number of aromatic nitrogens is 4. The minimum absolute atomic E-state index is 0.207. The summed E-state index contributed by atoms with van der Waals surface area (Å²) in [6.45, 7) is 3.65. The van der Waals surface area contributed by atoms with Crippen molar-refractivity contribution in [1.29, 1.82) is 0 Å². The van der Waals surface area contributed by atoms with E-state index in [1.165, 1.54) is 9.13 Å². The molecule has 0 amide bonds. The summed E-state index contributed by atoms with van der Waals surface area (Å²) in [5.74, 6) is 0.703. The van der Waals surface area contributed by atoms with Crippen molar-refractivity contribution in [2.45, 2.75) is 20.0 Å². The van der Waals surface area contributed by atoms with E-state index in [-0.39, 0.29) is 17.8 Å². The average molecular weight is 413 g/mol. The monoisotopic (exact) mass is 413 g/mol. The number of para-hydroxylation sites is 1. The maximum atomic E-state index is 13.3. The third-order valence-electron chi connectivity index (χ3n) is 5.81. The highest BCUT2D eigenvalue weighted by Gasteiger charge is 2.29. The summed E-state index contributed by atoms with van der Waals surface area (Å²) in [6, 6.07) is 17.9. The van der Waals surface area contributed by atoms with Gasteiger partial charge in [-0.1, -0.05) is 60.7 Å². The van der Waals surface area contributed by atoms with Crippen LogP contribution in [-0.2, 0) is 20.1 Å². The van der Waals surface area contributed by atoms with Crippen molar-refractivity contribution in [3.63, 3.8) is 0 Å². The molecule has 4 aromatic rings. The Hall–Kier alpha value is -3.87.